The van der Waals surface area contributed by atoms with Crippen LogP contribution in [0.1, 0.15) is 98.9 Å². The molecular weight excluding hydrogens is 965 g/mol. The molecule has 2 aliphatic carbocycles. The maximum atomic E-state index is 4.49. The van der Waals surface area contributed by atoms with Crippen LogP contribution in [0.5, 0.6) is 0 Å². The third-order valence-electron chi connectivity index (χ3n) is 16.3. The fourth-order valence-corrected chi connectivity index (χ4v) is 13.0. The first kappa shape index (κ1) is 53.3. The standard InChI is InChI=1S/C74H64N2.C4H10/c1-8-20-53(10-3)73(67-28-15-11-24-61(67)62-25-12-16-29-68(62)73)55-36-46-71-65(48-55)66-49-56(74(54(21-9-2)23-19-22-50(4)5)69-30-17-13-26-63(69)64-27-14-18-31-70(64)74)37-47-72(66)76(71)60-44-42-59(43-45-60)75(57-38-32-51(6)33-39-57)58-40-34-52(7)35-41-58;1-4(2)3/h8-18,20-21,23-50H,1,3,19,22H2,2,4-7H3;4H,1-3H3/b21-9-,53-20+,54-23+;. The number of fused-ring (bicyclic) bond motifs is 9. The fraction of sp³-hybridized carbons (Fsp3) is 0.179. The van der Waals surface area contributed by atoms with Gasteiger partial charge >= 0.3 is 0 Å². The molecule has 2 aliphatic rings. The molecule has 0 radical (unpaired) electrons. The second-order valence-electron chi connectivity index (χ2n) is 22.9. The van der Waals surface area contributed by atoms with Gasteiger partial charge in [0.2, 0.25) is 0 Å². The van der Waals surface area contributed by atoms with Crippen LogP contribution in [0.15, 0.2) is 267 Å². The van der Waals surface area contributed by atoms with Gasteiger partial charge in [-0.3, -0.25) is 0 Å². The monoisotopic (exact) mass is 1040 g/mol. The predicted molar refractivity (Wildman–Crippen MR) is 344 cm³/mol. The first-order chi connectivity index (χ1) is 38.9. The summed E-state index contributed by atoms with van der Waals surface area (Å²) in [5.41, 5.74) is 23.0. The molecule has 80 heavy (non-hydrogen) atoms. The Kier molecular flexibility index (Phi) is 14.8. The predicted octanol–water partition coefficient (Wildman–Crippen LogP) is 21.4. The summed E-state index contributed by atoms with van der Waals surface area (Å²) in [7, 11) is 0. The number of allylic oxidation sites excluding steroid dienone is 8. The molecule has 9 aromatic carbocycles. The highest BCUT2D eigenvalue weighted by Gasteiger charge is 2.48. The lowest BCUT2D eigenvalue weighted by Crippen LogP contribution is -2.29. The Labute approximate surface area is 476 Å². The van der Waals surface area contributed by atoms with E-state index >= 15 is 0 Å². The lowest BCUT2D eigenvalue weighted by molar-refractivity contribution is 0.591. The molecule has 0 unspecified atom stereocenters. The number of hydrogen-bond donors (Lipinski definition) is 0. The van der Waals surface area contributed by atoms with Crippen molar-refractivity contribution in [1.29, 1.82) is 0 Å². The van der Waals surface area contributed by atoms with E-state index in [1.54, 1.807) is 0 Å². The number of benzene rings is 9. The Balaban J connectivity index is 0.00000163. The summed E-state index contributed by atoms with van der Waals surface area (Å²) >= 11 is 0. The van der Waals surface area contributed by atoms with Crippen LogP contribution in [-0.4, -0.2) is 4.57 Å². The molecule has 0 N–H and O–H groups in total. The van der Waals surface area contributed by atoms with Crippen molar-refractivity contribution in [3.8, 4) is 27.9 Å². The van der Waals surface area contributed by atoms with E-state index in [2.05, 4.69) is 309 Å². The molecule has 0 aliphatic heterocycles. The largest absolute Gasteiger partial charge is 0.311 e. The number of anilines is 3. The highest BCUT2D eigenvalue weighted by atomic mass is 15.1. The van der Waals surface area contributed by atoms with Crippen molar-refractivity contribution in [1.82, 2.24) is 4.57 Å². The van der Waals surface area contributed by atoms with Gasteiger partial charge in [0.05, 0.1) is 21.9 Å². The highest BCUT2D eigenvalue weighted by molar-refractivity contribution is 6.10. The smallest absolute Gasteiger partial charge is 0.0713 e. The maximum absolute atomic E-state index is 4.49. The van der Waals surface area contributed by atoms with E-state index in [9.17, 15) is 0 Å². The van der Waals surface area contributed by atoms with E-state index in [0.717, 1.165) is 58.1 Å². The fourth-order valence-electron chi connectivity index (χ4n) is 13.0. The van der Waals surface area contributed by atoms with E-state index in [1.807, 2.05) is 12.2 Å². The summed E-state index contributed by atoms with van der Waals surface area (Å²) in [6, 6.07) is 77.5. The molecular formula is C78H74N2. The van der Waals surface area contributed by atoms with Crippen LogP contribution in [0.25, 0.3) is 49.7 Å². The van der Waals surface area contributed by atoms with Gasteiger partial charge < -0.3 is 9.47 Å². The minimum Gasteiger partial charge on any atom is -0.311 e. The Morgan fingerprint density at radius 2 is 0.887 bits per heavy atom. The van der Waals surface area contributed by atoms with Crippen molar-refractivity contribution < 1.29 is 0 Å². The van der Waals surface area contributed by atoms with Crippen LogP contribution in [0, 0.1) is 25.7 Å². The molecule has 0 amide bonds. The van der Waals surface area contributed by atoms with E-state index in [-0.39, 0.29) is 0 Å². The third-order valence-corrected chi connectivity index (χ3v) is 16.3. The van der Waals surface area contributed by atoms with Crippen LogP contribution in [0.4, 0.5) is 17.1 Å². The summed E-state index contributed by atoms with van der Waals surface area (Å²) in [6.45, 7) is 26.3. The molecule has 0 bridgehead atoms. The van der Waals surface area contributed by atoms with Gasteiger partial charge in [-0.2, -0.15) is 0 Å². The van der Waals surface area contributed by atoms with Crippen LogP contribution in [0.3, 0.4) is 0 Å². The van der Waals surface area contributed by atoms with Gasteiger partial charge in [0.1, 0.15) is 0 Å². The molecule has 1 aromatic heterocycles. The lowest BCUT2D eigenvalue weighted by Gasteiger charge is -2.35. The van der Waals surface area contributed by atoms with Crippen LogP contribution in [0.2, 0.25) is 0 Å². The number of aryl methyl sites for hydroxylation is 2. The number of rotatable bonds is 14. The summed E-state index contributed by atoms with van der Waals surface area (Å²) in [6.07, 6.45) is 15.4. The van der Waals surface area contributed by atoms with Gasteiger partial charge in [-0.05, 0) is 185 Å². The Bertz CT molecular complexity index is 3880. The van der Waals surface area contributed by atoms with Crippen molar-refractivity contribution in [3.05, 3.63) is 312 Å². The van der Waals surface area contributed by atoms with Gasteiger partial charge in [0, 0.05) is 33.5 Å². The number of nitrogens with zero attached hydrogens (tertiary/aromatic N) is 2. The van der Waals surface area contributed by atoms with E-state index in [4.69, 9.17) is 0 Å². The quantitative estimate of drug-likeness (QED) is 0.0986. The van der Waals surface area contributed by atoms with Gasteiger partial charge in [-0.1, -0.05) is 229 Å². The summed E-state index contributed by atoms with van der Waals surface area (Å²) in [4.78, 5) is 2.35. The van der Waals surface area contributed by atoms with E-state index in [0.29, 0.717) is 5.92 Å². The van der Waals surface area contributed by atoms with Crippen LogP contribution < -0.4 is 4.90 Å². The van der Waals surface area contributed by atoms with Gasteiger partial charge in [0.15, 0.2) is 0 Å². The summed E-state index contributed by atoms with van der Waals surface area (Å²) in [5.74, 6) is 1.42. The Morgan fingerprint density at radius 3 is 1.26 bits per heavy atom. The molecule has 396 valence electrons. The Hall–Kier alpha value is -8.72. The van der Waals surface area contributed by atoms with Crippen molar-refractivity contribution >= 4 is 38.9 Å². The number of hydrogen-bond acceptors (Lipinski definition) is 1. The minimum absolute atomic E-state index is 0.568. The maximum Gasteiger partial charge on any atom is 0.0713 e. The zero-order valence-corrected chi connectivity index (χ0v) is 48.0. The first-order valence-corrected chi connectivity index (χ1v) is 28.8. The normalized spacial score (nSPS) is 14.0. The van der Waals surface area contributed by atoms with Crippen molar-refractivity contribution in [3.63, 3.8) is 0 Å². The molecule has 12 rings (SSSR count). The second kappa shape index (κ2) is 22.2. The zero-order valence-electron chi connectivity index (χ0n) is 48.0. The first-order valence-electron chi connectivity index (χ1n) is 28.8. The average molecular weight is 1040 g/mol. The highest BCUT2D eigenvalue weighted by Crippen LogP contribution is 2.59. The van der Waals surface area contributed by atoms with E-state index < -0.39 is 10.8 Å². The summed E-state index contributed by atoms with van der Waals surface area (Å²) < 4.78 is 2.48. The van der Waals surface area contributed by atoms with Crippen molar-refractivity contribution in [2.75, 3.05) is 4.90 Å². The number of aromatic nitrogens is 1. The Morgan fingerprint density at radius 1 is 0.500 bits per heavy atom. The topological polar surface area (TPSA) is 8.17 Å². The van der Waals surface area contributed by atoms with Crippen LogP contribution >= 0.6 is 0 Å². The minimum atomic E-state index is -0.650. The van der Waals surface area contributed by atoms with Crippen molar-refractivity contribution in [2.24, 2.45) is 11.8 Å². The van der Waals surface area contributed by atoms with Gasteiger partial charge in [0.25, 0.3) is 0 Å². The van der Waals surface area contributed by atoms with Crippen LogP contribution in [-0.2, 0) is 10.8 Å². The molecule has 0 atom stereocenters. The lowest BCUT2D eigenvalue weighted by atomic mass is 9.66. The second-order valence-corrected chi connectivity index (χ2v) is 22.9. The third kappa shape index (κ3) is 9.02. The van der Waals surface area contributed by atoms with Gasteiger partial charge in [-0.15, -0.1) is 0 Å². The molecule has 2 heteroatoms. The molecule has 0 saturated carbocycles. The molecule has 0 spiro atoms. The molecule has 0 fully saturated rings. The molecule has 2 nitrogen and oxygen atoms in total. The van der Waals surface area contributed by atoms with Crippen molar-refractivity contribution in [2.45, 2.75) is 79.1 Å². The van der Waals surface area contributed by atoms with Gasteiger partial charge in [-0.25, -0.2) is 0 Å². The molecule has 10 aromatic rings. The van der Waals surface area contributed by atoms with E-state index in [1.165, 1.54) is 83.1 Å². The molecule has 1 heterocycles. The average Bonchev–Trinajstić information content (AvgIpc) is 4.14. The SMILES string of the molecule is C=C/C=C(\C=C)C1(c2ccc3c(c2)c2cc(C4(C(/C=C\C)=C/CCC(C)C)c5ccccc5-c5ccccc54)ccc2n3-c2ccc(N(c3ccc(C)cc3)c3ccc(C)cc3)cc2)c2ccccc2-c2ccccc21.CC(C)C. The zero-order chi connectivity index (χ0) is 55.7. The molecule has 0 saturated heterocycles. The summed E-state index contributed by atoms with van der Waals surface area (Å²) in [5, 5.41) is 2.39.